The van der Waals surface area contributed by atoms with Crippen LogP contribution in [0.15, 0.2) is 18.2 Å². The van der Waals surface area contributed by atoms with Crippen molar-refractivity contribution in [2.24, 2.45) is 0 Å². The molecule has 0 saturated carbocycles. The Balaban J connectivity index is 1.42. The van der Waals surface area contributed by atoms with Gasteiger partial charge in [0.1, 0.15) is 11.4 Å². The van der Waals surface area contributed by atoms with Crippen molar-refractivity contribution in [1.29, 1.82) is 0 Å². The van der Waals surface area contributed by atoms with Crippen molar-refractivity contribution in [3.63, 3.8) is 0 Å². The van der Waals surface area contributed by atoms with Crippen molar-refractivity contribution < 1.29 is 23.9 Å². The summed E-state index contributed by atoms with van der Waals surface area (Å²) in [6, 6.07) is 5.01. The lowest BCUT2D eigenvalue weighted by Gasteiger charge is -2.27. The molecule has 3 aliphatic rings. The summed E-state index contributed by atoms with van der Waals surface area (Å²) >= 11 is 0. The number of alkyl carbamates (subject to hydrolysis) is 1. The molecule has 4 rings (SSSR count). The van der Waals surface area contributed by atoms with Crippen LogP contribution in [-0.2, 0) is 9.53 Å². The van der Waals surface area contributed by atoms with E-state index in [1.54, 1.807) is 30.1 Å². The molecule has 9 nitrogen and oxygen atoms in total. The van der Waals surface area contributed by atoms with Crippen molar-refractivity contribution in [2.75, 3.05) is 43.5 Å². The third-order valence-corrected chi connectivity index (χ3v) is 5.35. The van der Waals surface area contributed by atoms with Gasteiger partial charge >= 0.3 is 12.1 Å². The van der Waals surface area contributed by atoms with Gasteiger partial charge in [-0.25, -0.2) is 9.59 Å². The Morgan fingerprint density at radius 2 is 2.11 bits per heavy atom. The predicted molar refractivity (Wildman–Crippen MR) is 97.0 cm³/mol. The quantitative estimate of drug-likeness (QED) is 0.777. The van der Waals surface area contributed by atoms with E-state index < -0.39 is 5.60 Å². The third-order valence-electron chi connectivity index (χ3n) is 5.35. The first-order valence-corrected chi connectivity index (χ1v) is 9.02. The van der Waals surface area contributed by atoms with Crippen LogP contribution in [0.4, 0.5) is 21.0 Å². The number of hydrogen-bond donors (Lipinski definition) is 2. The number of anilines is 2. The van der Waals surface area contributed by atoms with Gasteiger partial charge in [-0.3, -0.25) is 4.79 Å². The first-order chi connectivity index (χ1) is 13.0. The molecule has 27 heavy (non-hydrogen) atoms. The average Bonchev–Trinajstić information content (AvgIpc) is 2.89. The number of carbonyl (C=O) groups excluding carboxylic acids is 3. The number of hydrogen-bond acceptors (Lipinski definition) is 5. The van der Waals surface area contributed by atoms with Crippen molar-refractivity contribution in [1.82, 2.24) is 10.2 Å². The molecule has 3 heterocycles. The molecule has 1 aromatic rings. The Morgan fingerprint density at radius 1 is 1.26 bits per heavy atom. The van der Waals surface area contributed by atoms with Gasteiger partial charge in [-0.05, 0) is 31.0 Å². The molecule has 0 unspecified atom stereocenters. The van der Waals surface area contributed by atoms with Crippen LogP contribution in [0, 0.1) is 0 Å². The van der Waals surface area contributed by atoms with Crippen LogP contribution in [0.3, 0.4) is 0 Å². The number of fused-ring (bicyclic) bond motifs is 1. The minimum Gasteiger partial charge on any atom is -0.482 e. The van der Waals surface area contributed by atoms with Gasteiger partial charge in [0.2, 0.25) is 0 Å². The Morgan fingerprint density at radius 3 is 2.89 bits per heavy atom. The Kier molecular flexibility index (Phi) is 4.29. The number of nitrogens with zero attached hydrogens (tertiary/aromatic N) is 2. The molecular formula is C18H22N4O5. The smallest absolute Gasteiger partial charge is 0.407 e. The minimum absolute atomic E-state index is 0.0180. The topological polar surface area (TPSA) is 100 Å². The lowest BCUT2D eigenvalue weighted by molar-refractivity contribution is -0.120. The van der Waals surface area contributed by atoms with E-state index in [-0.39, 0.29) is 24.6 Å². The van der Waals surface area contributed by atoms with Gasteiger partial charge in [0, 0.05) is 32.2 Å². The molecule has 0 aromatic heterocycles. The Labute approximate surface area is 156 Å². The molecule has 2 N–H and O–H groups in total. The van der Waals surface area contributed by atoms with Crippen LogP contribution in [0.25, 0.3) is 0 Å². The van der Waals surface area contributed by atoms with Crippen molar-refractivity contribution in [3.8, 4) is 5.75 Å². The SMILES string of the molecule is CN1C(=O)COc2ccc(NC(=O)N3CCC[C@]4(CC3)CNC(=O)O4)cc21. The van der Waals surface area contributed by atoms with Gasteiger partial charge in [-0.1, -0.05) is 0 Å². The van der Waals surface area contributed by atoms with E-state index in [0.717, 1.165) is 12.8 Å². The van der Waals surface area contributed by atoms with Crippen molar-refractivity contribution in [3.05, 3.63) is 18.2 Å². The first kappa shape index (κ1) is 17.4. The molecule has 3 aliphatic heterocycles. The first-order valence-electron chi connectivity index (χ1n) is 9.02. The number of benzene rings is 1. The van der Waals surface area contributed by atoms with E-state index in [1.165, 1.54) is 4.90 Å². The van der Waals surface area contributed by atoms with Gasteiger partial charge in [-0.2, -0.15) is 0 Å². The molecule has 1 aromatic carbocycles. The van der Waals surface area contributed by atoms with Crippen LogP contribution in [0.5, 0.6) is 5.75 Å². The summed E-state index contributed by atoms with van der Waals surface area (Å²) in [5.41, 5.74) is 0.720. The number of carbonyl (C=O) groups is 3. The molecule has 0 aliphatic carbocycles. The van der Waals surface area contributed by atoms with Crippen molar-refractivity contribution >= 4 is 29.4 Å². The third kappa shape index (κ3) is 3.36. The van der Waals surface area contributed by atoms with E-state index in [0.29, 0.717) is 43.2 Å². The number of ether oxygens (including phenoxy) is 2. The number of likely N-dealkylation sites (N-methyl/N-ethyl adjacent to an activating group) is 1. The monoisotopic (exact) mass is 374 g/mol. The number of rotatable bonds is 1. The Hall–Kier alpha value is -2.97. The molecule has 9 heteroatoms. The number of likely N-dealkylation sites (tertiary alicyclic amines) is 1. The predicted octanol–water partition coefficient (Wildman–Crippen LogP) is 1.54. The van der Waals surface area contributed by atoms with E-state index in [2.05, 4.69) is 10.6 Å². The number of urea groups is 1. The second-order valence-electron chi connectivity index (χ2n) is 7.12. The van der Waals surface area contributed by atoms with Crippen LogP contribution < -0.4 is 20.3 Å². The largest absolute Gasteiger partial charge is 0.482 e. The molecule has 2 fully saturated rings. The molecule has 144 valence electrons. The summed E-state index contributed by atoms with van der Waals surface area (Å²) < 4.78 is 10.8. The maximum atomic E-state index is 12.7. The highest BCUT2D eigenvalue weighted by molar-refractivity contribution is 5.99. The fourth-order valence-electron chi connectivity index (χ4n) is 3.70. The zero-order chi connectivity index (χ0) is 19.0. The average molecular weight is 374 g/mol. The lowest BCUT2D eigenvalue weighted by atomic mass is 9.95. The molecule has 4 amide bonds. The summed E-state index contributed by atoms with van der Waals surface area (Å²) in [5, 5.41) is 5.59. The van der Waals surface area contributed by atoms with Crippen LogP contribution in [0.2, 0.25) is 0 Å². The highest BCUT2D eigenvalue weighted by atomic mass is 16.6. The Bertz CT molecular complexity index is 798. The summed E-state index contributed by atoms with van der Waals surface area (Å²) in [5.74, 6) is 0.478. The maximum Gasteiger partial charge on any atom is 0.407 e. The fourth-order valence-corrected chi connectivity index (χ4v) is 3.70. The van der Waals surface area contributed by atoms with E-state index in [9.17, 15) is 14.4 Å². The zero-order valence-electron chi connectivity index (χ0n) is 15.1. The molecular weight excluding hydrogens is 352 g/mol. The van der Waals surface area contributed by atoms with E-state index in [4.69, 9.17) is 9.47 Å². The van der Waals surface area contributed by atoms with Crippen molar-refractivity contribution in [2.45, 2.75) is 24.9 Å². The highest BCUT2D eigenvalue weighted by Gasteiger charge is 2.41. The summed E-state index contributed by atoms with van der Waals surface area (Å²) in [7, 11) is 1.68. The van der Waals surface area contributed by atoms with Gasteiger partial charge in [-0.15, -0.1) is 0 Å². The van der Waals surface area contributed by atoms with Gasteiger partial charge in [0.05, 0.1) is 12.2 Å². The lowest BCUT2D eigenvalue weighted by Crippen LogP contribution is -2.38. The van der Waals surface area contributed by atoms with Crippen LogP contribution >= 0.6 is 0 Å². The van der Waals surface area contributed by atoms with Gasteiger partial charge < -0.3 is 29.9 Å². The van der Waals surface area contributed by atoms with E-state index >= 15 is 0 Å². The minimum atomic E-state index is -0.502. The van der Waals surface area contributed by atoms with Crippen LogP contribution in [0.1, 0.15) is 19.3 Å². The van der Waals surface area contributed by atoms with Gasteiger partial charge in [0.15, 0.2) is 6.61 Å². The second kappa shape index (κ2) is 6.64. The molecule has 1 atom stereocenters. The summed E-state index contributed by atoms with van der Waals surface area (Å²) in [6.45, 7) is 1.61. The second-order valence-corrected chi connectivity index (χ2v) is 7.12. The zero-order valence-corrected chi connectivity index (χ0v) is 15.1. The highest BCUT2D eigenvalue weighted by Crippen LogP contribution is 2.34. The summed E-state index contributed by atoms with van der Waals surface area (Å²) in [6.07, 6.45) is 1.72. The standard InChI is InChI=1S/C18H22N4O5/c1-21-13-9-12(3-4-14(13)26-10-15(21)23)20-16(24)22-7-2-5-18(6-8-22)11-19-17(25)27-18/h3-4,9H,2,5-8,10-11H2,1H3,(H,19,25)(H,20,24)/t18-/m0/s1. The maximum absolute atomic E-state index is 12.7. The fraction of sp³-hybridized carbons (Fsp3) is 0.500. The summed E-state index contributed by atoms with van der Waals surface area (Å²) in [4.78, 5) is 39.1. The van der Waals surface area contributed by atoms with Gasteiger partial charge in [0.25, 0.3) is 5.91 Å². The molecule has 1 spiro atoms. The number of amides is 4. The molecule has 2 saturated heterocycles. The number of nitrogens with one attached hydrogen (secondary N) is 2. The molecule has 0 bridgehead atoms. The normalized spacial score (nSPS) is 24.6. The molecule has 0 radical (unpaired) electrons. The van der Waals surface area contributed by atoms with E-state index in [1.807, 2.05) is 0 Å². The van der Waals surface area contributed by atoms with Crippen LogP contribution in [-0.4, -0.2) is 61.8 Å².